The molecule has 56 valence electrons. The fraction of sp³-hybridized carbons (Fsp3) is 0.625. The van der Waals surface area contributed by atoms with Crippen molar-refractivity contribution in [1.82, 2.24) is 0 Å². The first kappa shape index (κ1) is 7.32. The first-order chi connectivity index (χ1) is 4.51. The van der Waals surface area contributed by atoms with Gasteiger partial charge in [-0.05, 0) is 6.92 Å². The maximum atomic E-state index is 10.9. The maximum absolute atomic E-state index is 10.9. The average molecular weight is 140 g/mol. The molecule has 0 spiro atoms. The van der Waals surface area contributed by atoms with Crippen LogP contribution in [0.2, 0.25) is 0 Å². The Kier molecular flexibility index (Phi) is 1.35. The summed E-state index contributed by atoms with van der Waals surface area (Å²) in [6, 6.07) is 0. The van der Waals surface area contributed by atoms with Gasteiger partial charge >= 0.3 is 5.97 Å². The molecule has 0 atom stereocenters. The number of methoxy groups -OCH3 is 1. The molecule has 0 aromatic rings. The first-order valence-corrected chi connectivity index (χ1v) is 3.32. The molecule has 0 heterocycles. The normalized spacial score (nSPS) is 20.8. The lowest BCUT2D eigenvalue weighted by Crippen LogP contribution is -2.04. The fourth-order valence-corrected chi connectivity index (χ4v) is 1.17. The molecule has 1 rings (SSSR count). The molecule has 0 saturated heterocycles. The molecular formula is C8H12O2. The minimum atomic E-state index is -0.178. The van der Waals surface area contributed by atoms with Gasteiger partial charge in [0.05, 0.1) is 7.11 Å². The SMILES string of the molecule is COC(=O)C1=C(C)C1(C)C. The second kappa shape index (κ2) is 1.84. The molecule has 0 aliphatic heterocycles. The topological polar surface area (TPSA) is 26.3 Å². The second-order valence-electron chi connectivity index (χ2n) is 3.12. The van der Waals surface area contributed by atoms with Crippen molar-refractivity contribution in [3.05, 3.63) is 11.1 Å². The number of carbonyl (C=O) groups is 1. The molecular weight excluding hydrogens is 128 g/mol. The molecule has 0 aromatic carbocycles. The summed E-state index contributed by atoms with van der Waals surface area (Å²) < 4.78 is 4.58. The maximum Gasteiger partial charge on any atom is 0.334 e. The summed E-state index contributed by atoms with van der Waals surface area (Å²) in [5.41, 5.74) is 2.00. The number of hydrogen-bond acceptors (Lipinski definition) is 2. The smallest absolute Gasteiger partial charge is 0.334 e. The molecule has 0 amide bonds. The van der Waals surface area contributed by atoms with Crippen LogP contribution in [0.4, 0.5) is 0 Å². The molecule has 10 heavy (non-hydrogen) atoms. The van der Waals surface area contributed by atoms with E-state index in [1.165, 1.54) is 7.11 Å². The molecule has 0 radical (unpaired) electrons. The highest BCUT2D eigenvalue weighted by Gasteiger charge is 2.46. The van der Waals surface area contributed by atoms with Crippen LogP contribution in [0.5, 0.6) is 0 Å². The van der Waals surface area contributed by atoms with E-state index >= 15 is 0 Å². The summed E-state index contributed by atoms with van der Waals surface area (Å²) in [5.74, 6) is -0.178. The van der Waals surface area contributed by atoms with Crippen molar-refractivity contribution < 1.29 is 9.53 Å². The zero-order valence-corrected chi connectivity index (χ0v) is 6.82. The van der Waals surface area contributed by atoms with E-state index in [9.17, 15) is 4.79 Å². The molecule has 0 fully saturated rings. The molecule has 2 nitrogen and oxygen atoms in total. The van der Waals surface area contributed by atoms with Crippen molar-refractivity contribution in [3.8, 4) is 0 Å². The molecule has 1 aliphatic rings. The first-order valence-electron chi connectivity index (χ1n) is 3.32. The Morgan fingerprint density at radius 1 is 1.50 bits per heavy atom. The molecule has 0 N–H and O–H groups in total. The van der Waals surface area contributed by atoms with Gasteiger partial charge in [0.15, 0.2) is 0 Å². The second-order valence-corrected chi connectivity index (χ2v) is 3.12. The van der Waals surface area contributed by atoms with Crippen molar-refractivity contribution in [2.24, 2.45) is 5.41 Å². The third kappa shape index (κ3) is 0.753. The van der Waals surface area contributed by atoms with Gasteiger partial charge in [-0.15, -0.1) is 0 Å². The third-order valence-corrected chi connectivity index (χ3v) is 2.26. The Morgan fingerprint density at radius 3 is 2.00 bits per heavy atom. The average Bonchev–Trinajstić information content (AvgIpc) is 2.33. The van der Waals surface area contributed by atoms with Crippen LogP contribution in [0.15, 0.2) is 11.1 Å². The molecule has 2 heteroatoms. The van der Waals surface area contributed by atoms with Crippen LogP contribution in [0.25, 0.3) is 0 Å². The summed E-state index contributed by atoms with van der Waals surface area (Å²) in [6.07, 6.45) is 0. The lowest BCUT2D eigenvalue weighted by Gasteiger charge is -2.01. The largest absolute Gasteiger partial charge is 0.466 e. The standard InChI is InChI=1S/C8H12O2/c1-5-6(7(9)10-4)8(5,2)3/h1-4H3. The van der Waals surface area contributed by atoms with Crippen LogP contribution in [0, 0.1) is 5.41 Å². The van der Waals surface area contributed by atoms with Gasteiger partial charge in [0, 0.05) is 11.0 Å². The molecule has 0 bridgehead atoms. The highest BCUT2D eigenvalue weighted by molar-refractivity contribution is 5.97. The van der Waals surface area contributed by atoms with Crippen LogP contribution >= 0.6 is 0 Å². The Hall–Kier alpha value is -0.790. The fourth-order valence-electron chi connectivity index (χ4n) is 1.17. The van der Waals surface area contributed by atoms with E-state index in [1.807, 2.05) is 20.8 Å². The predicted octanol–water partition coefficient (Wildman–Crippen LogP) is 1.52. The minimum Gasteiger partial charge on any atom is -0.466 e. The molecule has 0 unspecified atom stereocenters. The van der Waals surface area contributed by atoms with Crippen LogP contribution in [-0.4, -0.2) is 13.1 Å². The van der Waals surface area contributed by atoms with Crippen LogP contribution in [-0.2, 0) is 9.53 Å². The van der Waals surface area contributed by atoms with Crippen molar-refractivity contribution in [2.45, 2.75) is 20.8 Å². The number of ether oxygens (including phenoxy) is 1. The van der Waals surface area contributed by atoms with Crippen molar-refractivity contribution >= 4 is 5.97 Å². The van der Waals surface area contributed by atoms with E-state index in [-0.39, 0.29) is 11.4 Å². The summed E-state index contributed by atoms with van der Waals surface area (Å²) in [7, 11) is 1.41. The zero-order chi connectivity index (χ0) is 7.94. The summed E-state index contributed by atoms with van der Waals surface area (Å²) in [6.45, 7) is 6.01. The van der Waals surface area contributed by atoms with Gasteiger partial charge in [0.2, 0.25) is 0 Å². The van der Waals surface area contributed by atoms with Gasteiger partial charge in [-0.2, -0.15) is 0 Å². The van der Waals surface area contributed by atoms with E-state index in [2.05, 4.69) is 4.74 Å². The van der Waals surface area contributed by atoms with Crippen LogP contribution < -0.4 is 0 Å². The van der Waals surface area contributed by atoms with Gasteiger partial charge in [0.25, 0.3) is 0 Å². The summed E-state index contributed by atoms with van der Waals surface area (Å²) in [4.78, 5) is 10.9. The van der Waals surface area contributed by atoms with E-state index in [0.29, 0.717) is 0 Å². The molecule has 0 aromatic heterocycles. The Labute approximate surface area is 60.9 Å². The van der Waals surface area contributed by atoms with Gasteiger partial charge in [-0.1, -0.05) is 19.4 Å². The van der Waals surface area contributed by atoms with Crippen molar-refractivity contribution in [2.75, 3.05) is 7.11 Å². The number of hydrogen-bond donors (Lipinski definition) is 0. The lowest BCUT2D eigenvalue weighted by atomic mass is 10.0. The Balaban J connectivity index is 2.71. The predicted molar refractivity (Wildman–Crippen MR) is 38.5 cm³/mol. The minimum absolute atomic E-state index is 0.00704. The highest BCUT2D eigenvalue weighted by atomic mass is 16.5. The molecule has 0 saturated carbocycles. The molecule has 1 aliphatic carbocycles. The number of carbonyl (C=O) groups excluding carboxylic acids is 1. The summed E-state index contributed by atoms with van der Waals surface area (Å²) >= 11 is 0. The Morgan fingerprint density at radius 2 is 1.90 bits per heavy atom. The van der Waals surface area contributed by atoms with Crippen molar-refractivity contribution in [3.63, 3.8) is 0 Å². The quantitative estimate of drug-likeness (QED) is 0.516. The third-order valence-electron chi connectivity index (χ3n) is 2.26. The van der Waals surface area contributed by atoms with E-state index in [0.717, 1.165) is 11.1 Å². The van der Waals surface area contributed by atoms with Crippen LogP contribution in [0.1, 0.15) is 20.8 Å². The highest BCUT2D eigenvalue weighted by Crippen LogP contribution is 2.51. The van der Waals surface area contributed by atoms with Gasteiger partial charge < -0.3 is 4.74 Å². The number of allylic oxidation sites excluding steroid dienone is 1. The number of rotatable bonds is 1. The number of esters is 1. The van der Waals surface area contributed by atoms with Gasteiger partial charge in [-0.3, -0.25) is 0 Å². The van der Waals surface area contributed by atoms with Gasteiger partial charge in [-0.25, -0.2) is 4.79 Å². The van der Waals surface area contributed by atoms with E-state index < -0.39 is 0 Å². The Bertz CT molecular complexity index is 211. The lowest BCUT2D eigenvalue weighted by molar-refractivity contribution is -0.136. The van der Waals surface area contributed by atoms with Crippen molar-refractivity contribution in [1.29, 1.82) is 0 Å². The van der Waals surface area contributed by atoms with E-state index in [1.54, 1.807) is 0 Å². The monoisotopic (exact) mass is 140 g/mol. The van der Waals surface area contributed by atoms with Gasteiger partial charge in [0.1, 0.15) is 0 Å². The zero-order valence-electron chi connectivity index (χ0n) is 6.82. The summed E-state index contributed by atoms with van der Waals surface area (Å²) in [5, 5.41) is 0. The van der Waals surface area contributed by atoms with E-state index in [4.69, 9.17) is 0 Å². The van der Waals surface area contributed by atoms with Crippen LogP contribution in [0.3, 0.4) is 0 Å².